The maximum absolute atomic E-state index is 9.93. The average Bonchev–Trinajstić information content (AvgIpc) is 2.29. The fourth-order valence-corrected chi connectivity index (χ4v) is 1.90. The Labute approximate surface area is 99.5 Å². The molecule has 0 aliphatic carbocycles. The molecule has 90 valence electrons. The minimum absolute atomic E-state index is 0.192. The van der Waals surface area contributed by atoms with Gasteiger partial charge in [0.1, 0.15) is 0 Å². The van der Waals surface area contributed by atoms with Gasteiger partial charge in [-0.05, 0) is 36.3 Å². The molecule has 0 heterocycles. The van der Waals surface area contributed by atoms with E-state index in [4.69, 9.17) is 0 Å². The predicted molar refractivity (Wildman–Crippen MR) is 69.6 cm³/mol. The number of aliphatic hydroxyl groups excluding tert-OH is 1. The summed E-state index contributed by atoms with van der Waals surface area (Å²) >= 11 is 0. The van der Waals surface area contributed by atoms with E-state index >= 15 is 0 Å². The van der Waals surface area contributed by atoms with Crippen LogP contribution in [0.25, 0.3) is 0 Å². The SMILES string of the molecule is CCc1ccc(CC(O)CC(C)CC)cc1. The van der Waals surface area contributed by atoms with Crippen molar-refractivity contribution in [3.63, 3.8) is 0 Å². The van der Waals surface area contributed by atoms with Crippen molar-refractivity contribution in [2.45, 2.75) is 52.6 Å². The van der Waals surface area contributed by atoms with Gasteiger partial charge in [0.25, 0.3) is 0 Å². The van der Waals surface area contributed by atoms with E-state index in [-0.39, 0.29) is 6.10 Å². The molecule has 1 heteroatoms. The lowest BCUT2D eigenvalue weighted by atomic mass is 9.96. The smallest absolute Gasteiger partial charge is 0.0583 e. The zero-order valence-corrected chi connectivity index (χ0v) is 10.7. The maximum atomic E-state index is 9.93. The maximum Gasteiger partial charge on any atom is 0.0583 e. The van der Waals surface area contributed by atoms with Crippen LogP contribution in [-0.4, -0.2) is 11.2 Å². The third-order valence-corrected chi connectivity index (χ3v) is 3.27. The summed E-state index contributed by atoms with van der Waals surface area (Å²) in [6, 6.07) is 8.59. The second-order valence-corrected chi connectivity index (χ2v) is 4.78. The molecule has 2 atom stereocenters. The summed E-state index contributed by atoms with van der Waals surface area (Å²) < 4.78 is 0. The quantitative estimate of drug-likeness (QED) is 0.776. The molecule has 0 bridgehead atoms. The van der Waals surface area contributed by atoms with Crippen molar-refractivity contribution < 1.29 is 5.11 Å². The normalized spacial score (nSPS) is 14.8. The molecule has 0 aliphatic heterocycles. The highest BCUT2D eigenvalue weighted by Crippen LogP contribution is 2.14. The van der Waals surface area contributed by atoms with E-state index in [1.807, 2.05) is 0 Å². The van der Waals surface area contributed by atoms with Gasteiger partial charge in [-0.2, -0.15) is 0 Å². The summed E-state index contributed by atoms with van der Waals surface area (Å²) in [6.07, 6.45) is 3.73. The van der Waals surface area contributed by atoms with Crippen molar-refractivity contribution in [1.29, 1.82) is 0 Å². The van der Waals surface area contributed by atoms with Crippen LogP contribution in [-0.2, 0) is 12.8 Å². The molecule has 0 saturated carbocycles. The van der Waals surface area contributed by atoms with Crippen LogP contribution < -0.4 is 0 Å². The van der Waals surface area contributed by atoms with Crippen molar-refractivity contribution in [2.24, 2.45) is 5.92 Å². The second kappa shape index (κ2) is 6.70. The number of benzene rings is 1. The highest BCUT2D eigenvalue weighted by molar-refractivity contribution is 5.22. The third-order valence-electron chi connectivity index (χ3n) is 3.27. The molecule has 0 radical (unpaired) electrons. The molecule has 0 spiro atoms. The molecule has 0 fully saturated rings. The van der Waals surface area contributed by atoms with Crippen molar-refractivity contribution in [3.05, 3.63) is 35.4 Å². The monoisotopic (exact) mass is 220 g/mol. The summed E-state index contributed by atoms with van der Waals surface area (Å²) in [6.45, 7) is 6.53. The van der Waals surface area contributed by atoms with Gasteiger partial charge in [-0.15, -0.1) is 0 Å². The molecule has 1 rings (SSSR count). The summed E-state index contributed by atoms with van der Waals surface area (Å²) in [5.41, 5.74) is 2.60. The van der Waals surface area contributed by atoms with Crippen LogP contribution in [0.5, 0.6) is 0 Å². The fourth-order valence-electron chi connectivity index (χ4n) is 1.90. The number of aryl methyl sites for hydroxylation is 1. The number of hydrogen-bond donors (Lipinski definition) is 1. The van der Waals surface area contributed by atoms with E-state index in [1.54, 1.807) is 0 Å². The first-order chi connectivity index (χ1) is 7.65. The lowest BCUT2D eigenvalue weighted by Crippen LogP contribution is -2.14. The molecular weight excluding hydrogens is 196 g/mol. The van der Waals surface area contributed by atoms with Crippen molar-refractivity contribution in [2.75, 3.05) is 0 Å². The van der Waals surface area contributed by atoms with E-state index in [1.165, 1.54) is 11.1 Å². The number of hydrogen-bond acceptors (Lipinski definition) is 1. The van der Waals surface area contributed by atoms with E-state index in [2.05, 4.69) is 45.0 Å². The van der Waals surface area contributed by atoms with Gasteiger partial charge >= 0.3 is 0 Å². The molecule has 0 amide bonds. The Balaban J connectivity index is 2.46. The van der Waals surface area contributed by atoms with Crippen molar-refractivity contribution >= 4 is 0 Å². The summed E-state index contributed by atoms with van der Waals surface area (Å²) in [5, 5.41) is 9.93. The predicted octanol–water partition coefficient (Wildman–Crippen LogP) is 3.59. The Bertz CT molecular complexity index is 289. The topological polar surface area (TPSA) is 20.2 Å². The Morgan fingerprint density at radius 3 is 2.12 bits per heavy atom. The third kappa shape index (κ3) is 4.36. The fraction of sp³-hybridized carbons (Fsp3) is 0.600. The minimum Gasteiger partial charge on any atom is -0.393 e. The van der Waals surface area contributed by atoms with Crippen LogP contribution in [0.4, 0.5) is 0 Å². The number of aliphatic hydroxyl groups is 1. The molecule has 0 aromatic heterocycles. The van der Waals surface area contributed by atoms with Gasteiger partial charge in [-0.1, -0.05) is 51.5 Å². The van der Waals surface area contributed by atoms with Gasteiger partial charge < -0.3 is 5.11 Å². The van der Waals surface area contributed by atoms with Crippen LogP contribution in [0.2, 0.25) is 0 Å². The summed E-state index contributed by atoms with van der Waals surface area (Å²) in [5.74, 6) is 0.616. The van der Waals surface area contributed by atoms with E-state index in [9.17, 15) is 5.11 Å². The van der Waals surface area contributed by atoms with Crippen LogP contribution in [0, 0.1) is 5.92 Å². The Morgan fingerprint density at radius 2 is 1.62 bits per heavy atom. The van der Waals surface area contributed by atoms with Crippen LogP contribution in [0.3, 0.4) is 0 Å². The first kappa shape index (κ1) is 13.2. The molecule has 0 saturated heterocycles. The molecule has 1 aromatic carbocycles. The molecule has 1 aromatic rings. The van der Waals surface area contributed by atoms with Gasteiger partial charge in [-0.25, -0.2) is 0 Å². The highest BCUT2D eigenvalue weighted by atomic mass is 16.3. The number of rotatable bonds is 6. The standard InChI is InChI=1S/C15H24O/c1-4-12(3)10-15(16)11-14-8-6-13(5-2)7-9-14/h6-9,12,15-16H,4-5,10-11H2,1-3H3. The van der Waals surface area contributed by atoms with E-state index in [0.29, 0.717) is 5.92 Å². The molecule has 2 unspecified atom stereocenters. The lowest BCUT2D eigenvalue weighted by molar-refractivity contribution is 0.144. The van der Waals surface area contributed by atoms with E-state index in [0.717, 1.165) is 25.7 Å². The second-order valence-electron chi connectivity index (χ2n) is 4.78. The Hall–Kier alpha value is -0.820. The van der Waals surface area contributed by atoms with Gasteiger partial charge in [0.2, 0.25) is 0 Å². The summed E-state index contributed by atoms with van der Waals surface area (Å²) in [7, 11) is 0. The molecular formula is C15H24O. The van der Waals surface area contributed by atoms with Crippen LogP contribution in [0.1, 0.15) is 44.7 Å². The summed E-state index contributed by atoms with van der Waals surface area (Å²) in [4.78, 5) is 0. The highest BCUT2D eigenvalue weighted by Gasteiger charge is 2.09. The minimum atomic E-state index is -0.192. The average molecular weight is 220 g/mol. The van der Waals surface area contributed by atoms with Crippen molar-refractivity contribution in [3.8, 4) is 0 Å². The molecule has 1 nitrogen and oxygen atoms in total. The van der Waals surface area contributed by atoms with Crippen molar-refractivity contribution in [1.82, 2.24) is 0 Å². The lowest BCUT2D eigenvalue weighted by Gasteiger charge is -2.15. The van der Waals surface area contributed by atoms with Crippen LogP contribution >= 0.6 is 0 Å². The van der Waals surface area contributed by atoms with Gasteiger partial charge in [0.15, 0.2) is 0 Å². The van der Waals surface area contributed by atoms with Gasteiger partial charge in [0, 0.05) is 0 Å². The first-order valence-electron chi connectivity index (χ1n) is 6.41. The zero-order valence-electron chi connectivity index (χ0n) is 10.7. The molecule has 0 aliphatic rings. The Morgan fingerprint density at radius 1 is 1.06 bits per heavy atom. The Kier molecular flexibility index (Phi) is 5.54. The largest absolute Gasteiger partial charge is 0.393 e. The van der Waals surface area contributed by atoms with Crippen LogP contribution in [0.15, 0.2) is 24.3 Å². The van der Waals surface area contributed by atoms with Gasteiger partial charge in [-0.3, -0.25) is 0 Å². The zero-order chi connectivity index (χ0) is 12.0. The molecule has 1 N–H and O–H groups in total. The first-order valence-corrected chi connectivity index (χ1v) is 6.41. The van der Waals surface area contributed by atoms with Gasteiger partial charge in [0.05, 0.1) is 6.10 Å². The molecule has 16 heavy (non-hydrogen) atoms. The van der Waals surface area contributed by atoms with E-state index < -0.39 is 0 Å².